The number of amides is 1. The zero-order chi connectivity index (χ0) is 21.4. The topological polar surface area (TPSA) is 175 Å². The Bertz CT molecular complexity index is 1220. The summed E-state index contributed by atoms with van der Waals surface area (Å²) >= 11 is 0. The van der Waals surface area contributed by atoms with Crippen molar-refractivity contribution in [2.75, 3.05) is 0 Å². The summed E-state index contributed by atoms with van der Waals surface area (Å²) < 4.78 is 0. The first-order valence-corrected chi connectivity index (χ1v) is 8.58. The number of aliphatic hydroxyl groups is 2. The summed E-state index contributed by atoms with van der Waals surface area (Å²) in [6.07, 6.45) is -0.358. The molecule has 2 aromatic rings. The molecule has 9 heteroatoms. The molecule has 6 N–H and O–H groups in total. The molecule has 148 valence electrons. The van der Waals surface area contributed by atoms with Gasteiger partial charge in [0.05, 0.1) is 16.9 Å². The monoisotopic (exact) mass is 397 g/mol. The highest BCUT2D eigenvalue weighted by Gasteiger charge is 2.63. The second-order valence-electron chi connectivity index (χ2n) is 7.16. The molecule has 0 heterocycles. The molecular formula is C20H15NO8. The van der Waals surface area contributed by atoms with Gasteiger partial charge >= 0.3 is 0 Å². The van der Waals surface area contributed by atoms with Gasteiger partial charge in [-0.25, -0.2) is 0 Å². The summed E-state index contributed by atoms with van der Waals surface area (Å²) in [5, 5.41) is 42.2. The van der Waals surface area contributed by atoms with Crippen molar-refractivity contribution in [2.45, 2.75) is 18.9 Å². The van der Waals surface area contributed by atoms with E-state index in [1.807, 2.05) is 0 Å². The molecule has 0 saturated heterocycles. The number of rotatable bonds is 1. The number of primary amides is 1. The first-order valence-electron chi connectivity index (χ1n) is 8.58. The zero-order valence-corrected chi connectivity index (χ0v) is 15.0. The lowest BCUT2D eigenvalue weighted by atomic mass is 9.62. The maximum Gasteiger partial charge on any atom is 0.256 e. The minimum Gasteiger partial charge on any atom is -0.507 e. The number of benzene rings is 2. The van der Waals surface area contributed by atoms with Crippen molar-refractivity contribution in [3.05, 3.63) is 46.2 Å². The Balaban J connectivity index is 2.08. The maximum atomic E-state index is 13.2. The fourth-order valence-corrected chi connectivity index (χ4v) is 4.28. The van der Waals surface area contributed by atoms with Crippen molar-refractivity contribution in [2.24, 2.45) is 11.7 Å². The number of nitrogens with two attached hydrogens (primary N) is 1. The van der Waals surface area contributed by atoms with Crippen LogP contribution in [-0.4, -0.2) is 49.3 Å². The highest BCUT2D eigenvalue weighted by Crippen LogP contribution is 2.48. The Morgan fingerprint density at radius 3 is 2.41 bits per heavy atom. The van der Waals surface area contributed by atoms with E-state index >= 15 is 0 Å². The summed E-state index contributed by atoms with van der Waals surface area (Å²) in [5.41, 5.74) is 1.08. The lowest BCUT2D eigenvalue weighted by Crippen LogP contribution is -2.62. The van der Waals surface area contributed by atoms with Crippen LogP contribution in [0.4, 0.5) is 0 Å². The number of aliphatic hydroxyl groups excluding tert-OH is 1. The highest BCUT2D eigenvalue weighted by molar-refractivity contribution is 6.38. The molecule has 4 rings (SSSR count). The van der Waals surface area contributed by atoms with Crippen molar-refractivity contribution >= 4 is 34.0 Å². The average Bonchev–Trinajstić information content (AvgIpc) is 2.66. The van der Waals surface area contributed by atoms with E-state index in [1.54, 1.807) is 13.0 Å². The van der Waals surface area contributed by atoms with Crippen LogP contribution in [0.1, 0.15) is 21.5 Å². The van der Waals surface area contributed by atoms with Crippen molar-refractivity contribution in [3.63, 3.8) is 0 Å². The van der Waals surface area contributed by atoms with Gasteiger partial charge in [0.2, 0.25) is 23.0 Å². The quantitative estimate of drug-likeness (QED) is 0.332. The van der Waals surface area contributed by atoms with E-state index in [-0.39, 0.29) is 23.1 Å². The van der Waals surface area contributed by atoms with Crippen molar-refractivity contribution in [1.29, 1.82) is 0 Å². The van der Waals surface area contributed by atoms with E-state index < -0.39 is 57.4 Å². The molecular weight excluding hydrogens is 382 g/mol. The highest BCUT2D eigenvalue weighted by atomic mass is 16.3. The first kappa shape index (κ1) is 18.6. The second kappa shape index (κ2) is 5.65. The van der Waals surface area contributed by atoms with Gasteiger partial charge in [-0.1, -0.05) is 12.1 Å². The summed E-state index contributed by atoms with van der Waals surface area (Å²) in [6.45, 7) is 1.59. The molecule has 2 atom stereocenters. The van der Waals surface area contributed by atoms with Crippen LogP contribution in [-0.2, 0) is 20.8 Å². The minimum absolute atomic E-state index is 0.0535. The van der Waals surface area contributed by atoms with Crippen LogP contribution in [0.2, 0.25) is 0 Å². The molecule has 0 aliphatic heterocycles. The van der Waals surface area contributed by atoms with Gasteiger partial charge in [-0.3, -0.25) is 19.2 Å². The number of aromatic hydroxyl groups is 2. The third kappa shape index (κ3) is 2.07. The van der Waals surface area contributed by atoms with E-state index in [9.17, 15) is 39.6 Å². The molecule has 2 aromatic carbocycles. The number of Topliss-reactive ketones (excluding diaryl/α,β-unsaturated/α-hetero) is 3. The summed E-state index contributed by atoms with van der Waals surface area (Å²) in [5.74, 6) is -9.32. The predicted octanol–water partition coefficient (Wildman–Crippen LogP) is 0.0947. The smallest absolute Gasteiger partial charge is 0.256 e. The van der Waals surface area contributed by atoms with Gasteiger partial charge in [0.15, 0.2) is 5.76 Å². The van der Waals surface area contributed by atoms with E-state index in [0.717, 1.165) is 0 Å². The Kier molecular flexibility index (Phi) is 3.63. The third-order valence-electron chi connectivity index (χ3n) is 5.77. The van der Waals surface area contributed by atoms with Crippen LogP contribution in [0, 0.1) is 12.8 Å². The molecule has 0 fully saturated rings. The maximum absolute atomic E-state index is 13.2. The molecule has 2 aliphatic carbocycles. The number of phenols is 2. The number of phenolic OH excluding ortho intramolecular Hbond substituents is 2. The molecule has 0 spiro atoms. The second-order valence-corrected chi connectivity index (χ2v) is 7.16. The van der Waals surface area contributed by atoms with E-state index in [0.29, 0.717) is 10.9 Å². The molecule has 0 aromatic heterocycles. The lowest BCUT2D eigenvalue weighted by molar-refractivity contribution is -0.146. The fraction of sp³-hybridized carbons (Fsp3) is 0.200. The number of hydrogen-bond acceptors (Lipinski definition) is 8. The van der Waals surface area contributed by atoms with Crippen LogP contribution in [0.25, 0.3) is 10.8 Å². The summed E-state index contributed by atoms with van der Waals surface area (Å²) in [6, 6.07) is 4.41. The predicted molar refractivity (Wildman–Crippen MR) is 97.4 cm³/mol. The van der Waals surface area contributed by atoms with Crippen LogP contribution in [0.15, 0.2) is 29.5 Å². The van der Waals surface area contributed by atoms with Crippen LogP contribution < -0.4 is 5.73 Å². The number of carbonyl (C=O) groups is 4. The zero-order valence-electron chi connectivity index (χ0n) is 15.0. The summed E-state index contributed by atoms with van der Waals surface area (Å²) in [7, 11) is 0. The van der Waals surface area contributed by atoms with Crippen LogP contribution in [0.5, 0.6) is 11.5 Å². The van der Waals surface area contributed by atoms with Crippen LogP contribution >= 0.6 is 0 Å². The number of ketones is 3. The Labute approximate surface area is 162 Å². The SMILES string of the molecule is Cc1c2c(c(O)c3c(O)cccc13)C(=O)C1(O)C(=O)C(C(N)=O)=C(O)C(=O)C1C2. The normalized spacial score (nSPS) is 23.9. The molecule has 29 heavy (non-hydrogen) atoms. The first-order chi connectivity index (χ1) is 13.5. The fourth-order valence-electron chi connectivity index (χ4n) is 4.28. The molecule has 1 amide bonds. The molecule has 0 saturated carbocycles. The standard InChI is InChI=1S/C20H15NO8/c1-6-7-3-2-4-10(22)11(7)15(24)12-8(6)5-9-14(23)16(25)13(19(21)28)18(27)20(9,29)17(12)26/h2-4,9,22,24-25,29H,5H2,1H3,(H2,21,28). The largest absolute Gasteiger partial charge is 0.507 e. The molecule has 0 bridgehead atoms. The molecule has 9 nitrogen and oxygen atoms in total. The van der Waals surface area contributed by atoms with Crippen molar-refractivity contribution in [3.8, 4) is 11.5 Å². The molecule has 0 radical (unpaired) electrons. The third-order valence-corrected chi connectivity index (χ3v) is 5.77. The molecule has 2 aliphatic rings. The Morgan fingerprint density at radius 1 is 1.14 bits per heavy atom. The van der Waals surface area contributed by atoms with E-state index in [1.165, 1.54) is 12.1 Å². The number of fused-ring (bicyclic) bond motifs is 3. The summed E-state index contributed by atoms with van der Waals surface area (Å²) in [4.78, 5) is 50.1. The van der Waals surface area contributed by atoms with Gasteiger partial charge in [-0.15, -0.1) is 0 Å². The van der Waals surface area contributed by atoms with Crippen LogP contribution in [0.3, 0.4) is 0 Å². The average molecular weight is 397 g/mol. The van der Waals surface area contributed by atoms with Crippen molar-refractivity contribution in [1.82, 2.24) is 0 Å². The van der Waals surface area contributed by atoms with Gasteiger partial charge in [0.1, 0.15) is 17.1 Å². The number of allylic oxidation sites excluding steroid dienone is 1. The van der Waals surface area contributed by atoms with Gasteiger partial charge in [-0.05, 0) is 35.9 Å². The van der Waals surface area contributed by atoms with E-state index in [4.69, 9.17) is 5.73 Å². The van der Waals surface area contributed by atoms with Gasteiger partial charge in [0, 0.05) is 0 Å². The Hall–Kier alpha value is -3.72. The van der Waals surface area contributed by atoms with Crippen molar-refractivity contribution < 1.29 is 39.6 Å². The van der Waals surface area contributed by atoms with E-state index in [2.05, 4.69) is 0 Å². The Morgan fingerprint density at radius 2 is 1.79 bits per heavy atom. The molecule has 2 unspecified atom stereocenters. The number of carbonyl (C=O) groups excluding carboxylic acids is 4. The van der Waals surface area contributed by atoms with Gasteiger partial charge in [0.25, 0.3) is 5.91 Å². The number of aryl methyl sites for hydroxylation is 1. The number of hydrogen-bond donors (Lipinski definition) is 5. The van der Waals surface area contributed by atoms with Gasteiger partial charge in [-0.2, -0.15) is 0 Å². The van der Waals surface area contributed by atoms with Gasteiger partial charge < -0.3 is 26.2 Å². The minimum atomic E-state index is -3.01. The lowest BCUT2D eigenvalue weighted by Gasteiger charge is -2.40.